The molecule has 8 heteroatoms. The summed E-state index contributed by atoms with van der Waals surface area (Å²) in [5.41, 5.74) is 0.365. The third kappa shape index (κ3) is 4.98. The standard InChI is InChI=1S/C22H34N2O5S/c1-5-29-19-7-6-10-23(15-19)22(25)18-8-9-20(28-4)21(12-18)30(26,27)24-13-16(2)11-17(3)14-24/h8-9,12,16-17,19H,5-7,10-11,13-15H2,1-4H3. The first-order valence-corrected chi connectivity index (χ1v) is 12.3. The van der Waals surface area contributed by atoms with Crippen LogP contribution in [0, 0.1) is 11.8 Å². The maximum atomic E-state index is 13.4. The molecule has 0 aliphatic carbocycles. The Kier molecular flexibility index (Phi) is 7.42. The van der Waals surface area contributed by atoms with Gasteiger partial charge in [0.15, 0.2) is 0 Å². The van der Waals surface area contributed by atoms with Gasteiger partial charge in [0.1, 0.15) is 10.6 Å². The Bertz CT molecular complexity index is 845. The molecule has 0 saturated carbocycles. The molecule has 0 spiro atoms. The van der Waals surface area contributed by atoms with Crippen molar-refractivity contribution >= 4 is 15.9 Å². The molecule has 1 amide bonds. The number of likely N-dealkylation sites (tertiary alicyclic amines) is 1. The van der Waals surface area contributed by atoms with Gasteiger partial charge in [0, 0.05) is 38.3 Å². The second-order valence-electron chi connectivity index (χ2n) is 8.60. The van der Waals surface area contributed by atoms with Crippen LogP contribution in [0.4, 0.5) is 0 Å². The number of sulfonamides is 1. The summed E-state index contributed by atoms with van der Waals surface area (Å²) in [6, 6.07) is 4.71. The molecule has 168 valence electrons. The third-order valence-electron chi connectivity index (χ3n) is 5.93. The summed E-state index contributed by atoms with van der Waals surface area (Å²) in [6.07, 6.45) is 2.86. The van der Waals surface area contributed by atoms with Crippen LogP contribution in [0.1, 0.15) is 50.4 Å². The predicted molar refractivity (Wildman–Crippen MR) is 115 cm³/mol. The summed E-state index contributed by atoms with van der Waals surface area (Å²) in [4.78, 5) is 15.0. The van der Waals surface area contributed by atoms with Gasteiger partial charge in [-0.15, -0.1) is 0 Å². The lowest BCUT2D eigenvalue weighted by Gasteiger charge is -2.34. The number of rotatable bonds is 6. The molecule has 2 heterocycles. The molecule has 0 N–H and O–H groups in total. The van der Waals surface area contributed by atoms with Gasteiger partial charge >= 0.3 is 0 Å². The van der Waals surface area contributed by atoms with E-state index >= 15 is 0 Å². The molecule has 0 bridgehead atoms. The highest BCUT2D eigenvalue weighted by Crippen LogP contribution is 2.32. The van der Waals surface area contributed by atoms with E-state index in [4.69, 9.17) is 9.47 Å². The number of carbonyl (C=O) groups is 1. The summed E-state index contributed by atoms with van der Waals surface area (Å²) >= 11 is 0. The zero-order valence-corrected chi connectivity index (χ0v) is 19.3. The average molecular weight is 439 g/mol. The quantitative estimate of drug-likeness (QED) is 0.682. The Balaban J connectivity index is 1.89. The van der Waals surface area contributed by atoms with Crippen molar-refractivity contribution in [2.75, 3.05) is 39.9 Å². The number of hydrogen-bond acceptors (Lipinski definition) is 5. The first kappa shape index (κ1) is 23.0. The van der Waals surface area contributed by atoms with E-state index in [0.29, 0.717) is 50.2 Å². The maximum Gasteiger partial charge on any atom is 0.253 e. The van der Waals surface area contributed by atoms with Crippen LogP contribution in [-0.4, -0.2) is 69.5 Å². The van der Waals surface area contributed by atoms with Crippen molar-refractivity contribution < 1.29 is 22.7 Å². The van der Waals surface area contributed by atoms with Gasteiger partial charge in [-0.3, -0.25) is 4.79 Å². The highest BCUT2D eigenvalue weighted by Gasteiger charge is 2.34. The van der Waals surface area contributed by atoms with Gasteiger partial charge in [0.05, 0.1) is 13.2 Å². The van der Waals surface area contributed by atoms with Crippen molar-refractivity contribution in [2.45, 2.75) is 51.0 Å². The average Bonchev–Trinajstić information content (AvgIpc) is 2.72. The van der Waals surface area contributed by atoms with Gasteiger partial charge < -0.3 is 14.4 Å². The summed E-state index contributed by atoms with van der Waals surface area (Å²) in [5.74, 6) is 0.688. The second kappa shape index (κ2) is 9.66. The Morgan fingerprint density at radius 2 is 1.87 bits per heavy atom. The van der Waals surface area contributed by atoms with Gasteiger partial charge in [-0.2, -0.15) is 4.31 Å². The van der Waals surface area contributed by atoms with E-state index in [0.717, 1.165) is 19.3 Å². The zero-order valence-electron chi connectivity index (χ0n) is 18.5. The molecule has 1 aromatic rings. The van der Waals surface area contributed by atoms with Gasteiger partial charge in [-0.25, -0.2) is 8.42 Å². The third-order valence-corrected chi connectivity index (χ3v) is 7.78. The van der Waals surface area contributed by atoms with E-state index in [1.807, 2.05) is 6.92 Å². The summed E-state index contributed by atoms with van der Waals surface area (Å²) < 4.78 is 39.5. The summed E-state index contributed by atoms with van der Waals surface area (Å²) in [7, 11) is -2.31. The van der Waals surface area contributed by atoms with Crippen LogP contribution >= 0.6 is 0 Å². The van der Waals surface area contributed by atoms with Gasteiger partial charge in [-0.1, -0.05) is 13.8 Å². The fourth-order valence-corrected chi connectivity index (χ4v) is 6.49. The fraction of sp³-hybridized carbons (Fsp3) is 0.682. The van der Waals surface area contributed by atoms with Crippen LogP contribution in [0.25, 0.3) is 0 Å². The number of amides is 1. The first-order chi connectivity index (χ1) is 14.3. The molecule has 2 saturated heterocycles. The lowest BCUT2D eigenvalue weighted by atomic mass is 9.94. The van der Waals surface area contributed by atoms with E-state index in [1.54, 1.807) is 17.0 Å². The molecule has 3 rings (SSSR count). The molecule has 30 heavy (non-hydrogen) atoms. The number of benzene rings is 1. The van der Waals surface area contributed by atoms with Crippen LogP contribution < -0.4 is 4.74 Å². The lowest BCUT2D eigenvalue weighted by Crippen LogP contribution is -2.43. The van der Waals surface area contributed by atoms with Crippen molar-refractivity contribution in [3.8, 4) is 5.75 Å². The lowest BCUT2D eigenvalue weighted by molar-refractivity contribution is 0.00723. The number of ether oxygens (including phenoxy) is 2. The predicted octanol–water partition coefficient (Wildman–Crippen LogP) is 3.00. The monoisotopic (exact) mass is 438 g/mol. The van der Waals surface area contributed by atoms with Crippen LogP contribution in [-0.2, 0) is 14.8 Å². The minimum atomic E-state index is -3.76. The molecule has 0 radical (unpaired) electrons. The first-order valence-electron chi connectivity index (χ1n) is 10.8. The highest BCUT2D eigenvalue weighted by molar-refractivity contribution is 7.89. The van der Waals surface area contributed by atoms with Crippen molar-refractivity contribution in [3.63, 3.8) is 0 Å². The molecular weight excluding hydrogens is 404 g/mol. The topological polar surface area (TPSA) is 76.1 Å². The Morgan fingerprint density at radius 1 is 1.17 bits per heavy atom. The zero-order chi connectivity index (χ0) is 21.9. The van der Waals surface area contributed by atoms with Crippen LogP contribution in [0.2, 0.25) is 0 Å². The summed E-state index contributed by atoms with van der Waals surface area (Å²) in [6.45, 7) is 8.85. The number of hydrogen-bond donors (Lipinski definition) is 0. The molecule has 3 unspecified atom stereocenters. The van der Waals surface area contributed by atoms with Gasteiger partial charge in [-0.05, 0) is 56.2 Å². The molecule has 1 aromatic carbocycles. The minimum Gasteiger partial charge on any atom is -0.495 e. The van der Waals surface area contributed by atoms with E-state index < -0.39 is 10.0 Å². The molecule has 2 aliphatic heterocycles. The normalized spacial score (nSPS) is 25.9. The number of methoxy groups -OCH3 is 1. The van der Waals surface area contributed by atoms with Crippen LogP contribution in [0.15, 0.2) is 23.1 Å². The Labute approximate surface area is 180 Å². The minimum absolute atomic E-state index is 0.0328. The van der Waals surface area contributed by atoms with Gasteiger partial charge in [0.25, 0.3) is 5.91 Å². The largest absolute Gasteiger partial charge is 0.495 e. The number of piperidine rings is 2. The van der Waals surface area contributed by atoms with Crippen molar-refractivity contribution in [1.82, 2.24) is 9.21 Å². The van der Waals surface area contributed by atoms with Crippen molar-refractivity contribution in [2.24, 2.45) is 11.8 Å². The van der Waals surface area contributed by atoms with E-state index in [2.05, 4.69) is 13.8 Å². The molecule has 2 fully saturated rings. The van der Waals surface area contributed by atoms with Gasteiger partial charge in [0.2, 0.25) is 10.0 Å². The SMILES string of the molecule is CCOC1CCCN(C(=O)c2ccc(OC)c(S(=O)(=O)N3CC(C)CC(C)C3)c2)C1. The molecule has 0 aromatic heterocycles. The van der Waals surface area contributed by atoms with E-state index in [9.17, 15) is 13.2 Å². The molecule has 7 nitrogen and oxygen atoms in total. The summed E-state index contributed by atoms with van der Waals surface area (Å²) in [5, 5.41) is 0. The highest BCUT2D eigenvalue weighted by atomic mass is 32.2. The van der Waals surface area contributed by atoms with Crippen LogP contribution in [0.3, 0.4) is 0 Å². The molecule has 2 aliphatic rings. The smallest absolute Gasteiger partial charge is 0.253 e. The second-order valence-corrected chi connectivity index (χ2v) is 10.5. The molecule has 3 atom stereocenters. The Morgan fingerprint density at radius 3 is 2.50 bits per heavy atom. The van der Waals surface area contributed by atoms with E-state index in [-0.39, 0.29) is 22.7 Å². The fourth-order valence-electron chi connectivity index (χ4n) is 4.63. The van der Waals surface area contributed by atoms with Crippen molar-refractivity contribution in [3.05, 3.63) is 23.8 Å². The Hall–Kier alpha value is -1.64. The van der Waals surface area contributed by atoms with Crippen LogP contribution in [0.5, 0.6) is 5.75 Å². The molecular formula is C22H34N2O5S. The number of carbonyl (C=O) groups excluding carboxylic acids is 1. The number of nitrogens with zero attached hydrogens (tertiary/aromatic N) is 2. The van der Waals surface area contributed by atoms with E-state index in [1.165, 1.54) is 17.5 Å². The maximum absolute atomic E-state index is 13.4. The van der Waals surface area contributed by atoms with Crippen molar-refractivity contribution in [1.29, 1.82) is 0 Å².